The lowest BCUT2D eigenvalue weighted by atomic mass is 9.99. The van der Waals surface area contributed by atoms with E-state index in [1.54, 1.807) is 0 Å². The Morgan fingerprint density at radius 1 is 1.18 bits per heavy atom. The highest BCUT2D eigenvalue weighted by molar-refractivity contribution is 5.91. The first-order valence-electron chi connectivity index (χ1n) is 13.2. The Balaban J connectivity index is 1.81. The van der Waals surface area contributed by atoms with Gasteiger partial charge in [-0.15, -0.1) is 0 Å². The van der Waals surface area contributed by atoms with E-state index in [2.05, 4.69) is 16.0 Å². The standard InChI is InChI=1S/C27H41N5O6/c1-27(2,3)31-26(37)21-6-4-12-32(21)16-22(33)19-14-17-8-10-18(11-9-17)38-13-5-7-24(35)29-20(15-23(28)34)25(36)30-19/h8-11,19-22,33H,4-7,12-16H2,1-3H3,(H2,28,34)(H,29,35)(H,30,36)(H,31,37)/t19-,20-,21-,22+/m0/s1. The van der Waals surface area contributed by atoms with Crippen molar-refractivity contribution in [3.63, 3.8) is 0 Å². The maximum Gasteiger partial charge on any atom is 0.243 e. The van der Waals surface area contributed by atoms with Gasteiger partial charge in [-0.3, -0.25) is 24.1 Å². The summed E-state index contributed by atoms with van der Waals surface area (Å²) in [7, 11) is 0. The number of nitrogens with zero attached hydrogens (tertiary/aromatic N) is 1. The van der Waals surface area contributed by atoms with E-state index >= 15 is 0 Å². The highest BCUT2D eigenvalue weighted by Crippen LogP contribution is 2.21. The first-order valence-corrected chi connectivity index (χ1v) is 13.2. The van der Waals surface area contributed by atoms with E-state index in [-0.39, 0.29) is 43.3 Å². The molecule has 210 valence electrons. The maximum absolute atomic E-state index is 13.2. The molecule has 6 N–H and O–H groups in total. The quantitative estimate of drug-likeness (QED) is 0.345. The molecule has 38 heavy (non-hydrogen) atoms. The van der Waals surface area contributed by atoms with Crippen LogP contribution in [0, 0.1) is 0 Å². The summed E-state index contributed by atoms with van der Waals surface area (Å²) < 4.78 is 5.70. The van der Waals surface area contributed by atoms with Gasteiger partial charge < -0.3 is 31.5 Å². The molecule has 4 rings (SSSR count). The summed E-state index contributed by atoms with van der Waals surface area (Å²) in [6, 6.07) is 5.05. The molecular formula is C27H41N5O6. The molecule has 1 saturated heterocycles. The van der Waals surface area contributed by atoms with Gasteiger partial charge in [0.2, 0.25) is 23.6 Å². The fourth-order valence-electron chi connectivity index (χ4n) is 4.80. The van der Waals surface area contributed by atoms with Crippen molar-refractivity contribution < 1.29 is 29.0 Å². The molecule has 4 atom stereocenters. The largest absolute Gasteiger partial charge is 0.494 e. The molecule has 0 spiro atoms. The van der Waals surface area contributed by atoms with Crippen molar-refractivity contribution in [1.29, 1.82) is 0 Å². The Kier molecular flexibility index (Phi) is 10.1. The van der Waals surface area contributed by atoms with Gasteiger partial charge >= 0.3 is 0 Å². The number of primary amides is 1. The van der Waals surface area contributed by atoms with Crippen LogP contribution in [0.15, 0.2) is 24.3 Å². The number of hydrogen-bond donors (Lipinski definition) is 5. The minimum absolute atomic E-state index is 0.0897. The molecule has 1 aromatic rings. The SMILES string of the molecule is CC(C)(C)NC(=O)[C@@H]1CCCN1C[C@@H](O)[C@@H]1Cc2ccc(cc2)OCCCC(=O)N[C@@H](CC(N)=O)C(=O)N1. The topological polar surface area (TPSA) is 163 Å². The second kappa shape index (κ2) is 13.1. The predicted octanol–water partition coefficient (Wildman–Crippen LogP) is -0.0133. The van der Waals surface area contributed by atoms with E-state index in [0.717, 1.165) is 12.0 Å². The van der Waals surface area contributed by atoms with E-state index in [0.29, 0.717) is 31.7 Å². The smallest absolute Gasteiger partial charge is 0.243 e. The first-order chi connectivity index (χ1) is 17.9. The number of aliphatic hydroxyl groups excluding tert-OH is 1. The van der Waals surface area contributed by atoms with Crippen molar-refractivity contribution in [2.24, 2.45) is 5.73 Å². The number of nitrogens with two attached hydrogens (primary N) is 1. The fourth-order valence-corrected chi connectivity index (χ4v) is 4.80. The lowest BCUT2D eigenvalue weighted by Crippen LogP contribution is -2.57. The van der Waals surface area contributed by atoms with Gasteiger partial charge in [0.05, 0.1) is 31.2 Å². The minimum atomic E-state index is -1.17. The monoisotopic (exact) mass is 531 g/mol. The van der Waals surface area contributed by atoms with E-state index in [4.69, 9.17) is 10.5 Å². The molecule has 0 saturated carbocycles. The van der Waals surface area contributed by atoms with Crippen molar-refractivity contribution >= 4 is 23.6 Å². The molecule has 0 aliphatic carbocycles. The molecule has 3 heterocycles. The second-order valence-corrected chi connectivity index (χ2v) is 11.2. The van der Waals surface area contributed by atoms with Gasteiger partial charge in [-0.2, -0.15) is 0 Å². The number of ether oxygens (including phenoxy) is 1. The predicted molar refractivity (Wildman–Crippen MR) is 141 cm³/mol. The zero-order chi connectivity index (χ0) is 27.9. The Morgan fingerprint density at radius 3 is 2.55 bits per heavy atom. The molecule has 1 fully saturated rings. The molecule has 3 aliphatic heterocycles. The lowest BCUT2D eigenvalue weighted by Gasteiger charge is -2.32. The Bertz CT molecular complexity index is 993. The number of fused-ring (bicyclic) bond motifs is 12. The van der Waals surface area contributed by atoms with Crippen LogP contribution in [0.4, 0.5) is 0 Å². The normalized spacial score (nSPS) is 24.4. The van der Waals surface area contributed by atoms with Crippen LogP contribution in [0.3, 0.4) is 0 Å². The number of hydrogen-bond acceptors (Lipinski definition) is 7. The van der Waals surface area contributed by atoms with Crippen molar-refractivity contribution in [1.82, 2.24) is 20.9 Å². The highest BCUT2D eigenvalue weighted by atomic mass is 16.5. The Hall–Kier alpha value is -3.18. The maximum atomic E-state index is 13.2. The number of carbonyl (C=O) groups excluding carboxylic acids is 4. The summed E-state index contributed by atoms with van der Waals surface area (Å²) in [5.41, 5.74) is 5.82. The average Bonchev–Trinajstić information content (AvgIpc) is 3.28. The average molecular weight is 532 g/mol. The molecule has 0 radical (unpaired) electrons. The van der Waals surface area contributed by atoms with Crippen molar-refractivity contribution in [2.75, 3.05) is 19.7 Å². The summed E-state index contributed by atoms with van der Waals surface area (Å²) in [6.45, 7) is 6.89. The van der Waals surface area contributed by atoms with Crippen LogP contribution in [-0.4, -0.2) is 83.1 Å². The van der Waals surface area contributed by atoms with E-state index in [1.165, 1.54) is 0 Å². The van der Waals surface area contributed by atoms with Crippen molar-refractivity contribution in [3.8, 4) is 5.75 Å². The minimum Gasteiger partial charge on any atom is -0.494 e. The molecule has 11 heteroatoms. The van der Waals surface area contributed by atoms with Crippen LogP contribution >= 0.6 is 0 Å². The van der Waals surface area contributed by atoms with Crippen molar-refractivity contribution in [2.45, 2.75) is 89.1 Å². The van der Waals surface area contributed by atoms with Crippen LogP contribution < -0.4 is 26.4 Å². The number of amides is 4. The second-order valence-electron chi connectivity index (χ2n) is 11.2. The van der Waals surface area contributed by atoms with Crippen LogP contribution in [0.2, 0.25) is 0 Å². The third-order valence-corrected chi connectivity index (χ3v) is 6.63. The summed E-state index contributed by atoms with van der Waals surface area (Å²) >= 11 is 0. The van der Waals surface area contributed by atoms with Gasteiger partial charge in [0, 0.05) is 18.5 Å². The van der Waals surface area contributed by atoms with Gasteiger partial charge in [0.1, 0.15) is 11.8 Å². The van der Waals surface area contributed by atoms with E-state index in [1.807, 2.05) is 49.9 Å². The molecule has 0 unspecified atom stereocenters. The third kappa shape index (κ3) is 8.98. The molecular weight excluding hydrogens is 490 g/mol. The van der Waals surface area contributed by atoms with E-state index < -0.39 is 35.9 Å². The third-order valence-electron chi connectivity index (χ3n) is 6.63. The number of likely N-dealkylation sites (tertiary alicyclic amines) is 1. The number of benzene rings is 1. The first kappa shape index (κ1) is 29.4. The number of aliphatic hydroxyl groups is 1. The van der Waals surface area contributed by atoms with Gasteiger partial charge in [-0.25, -0.2) is 0 Å². The number of rotatable bonds is 6. The summed E-state index contributed by atoms with van der Waals surface area (Å²) in [4.78, 5) is 52.1. The van der Waals surface area contributed by atoms with Gasteiger partial charge in [-0.1, -0.05) is 12.1 Å². The molecule has 11 nitrogen and oxygen atoms in total. The molecule has 4 amide bonds. The zero-order valence-electron chi connectivity index (χ0n) is 22.5. The highest BCUT2D eigenvalue weighted by Gasteiger charge is 2.36. The summed E-state index contributed by atoms with van der Waals surface area (Å²) in [5.74, 6) is -1.17. The van der Waals surface area contributed by atoms with Crippen molar-refractivity contribution in [3.05, 3.63) is 29.8 Å². The fraction of sp³-hybridized carbons (Fsp3) is 0.630. The zero-order valence-corrected chi connectivity index (χ0v) is 22.5. The Labute approximate surface area is 223 Å². The number of β-amino-alcohol motifs (C(OH)–C–C–N with tert-alkyl or cyclic N) is 1. The van der Waals surface area contributed by atoms with Crippen LogP contribution in [-0.2, 0) is 25.6 Å². The summed E-state index contributed by atoms with van der Waals surface area (Å²) in [5, 5.41) is 19.8. The van der Waals surface area contributed by atoms with Gasteiger partial charge in [0.15, 0.2) is 0 Å². The van der Waals surface area contributed by atoms with Gasteiger partial charge in [0.25, 0.3) is 0 Å². The number of nitrogens with one attached hydrogen (secondary N) is 3. The van der Waals surface area contributed by atoms with Gasteiger partial charge in [-0.05, 0) is 70.7 Å². The Morgan fingerprint density at radius 2 is 1.89 bits per heavy atom. The summed E-state index contributed by atoms with van der Waals surface area (Å²) in [6.07, 6.45) is 0.932. The lowest BCUT2D eigenvalue weighted by molar-refractivity contribution is -0.132. The molecule has 2 bridgehead atoms. The molecule has 0 aromatic heterocycles. The van der Waals surface area contributed by atoms with E-state index in [9.17, 15) is 24.3 Å². The molecule has 1 aromatic carbocycles. The van der Waals surface area contributed by atoms with Crippen LogP contribution in [0.5, 0.6) is 5.75 Å². The van der Waals surface area contributed by atoms with Crippen LogP contribution in [0.25, 0.3) is 0 Å². The molecule has 3 aliphatic rings. The number of carbonyl (C=O) groups is 4. The van der Waals surface area contributed by atoms with Crippen LogP contribution in [0.1, 0.15) is 58.4 Å².